The van der Waals surface area contributed by atoms with Gasteiger partial charge in [-0.15, -0.1) is 11.3 Å². The van der Waals surface area contributed by atoms with Crippen LogP contribution in [-0.4, -0.2) is 161 Å². The Morgan fingerprint density at radius 2 is 1.64 bits per heavy atom. The van der Waals surface area contributed by atoms with Crippen LogP contribution in [0.15, 0.2) is 72.2 Å². The number of likely N-dealkylation sites (tertiary alicyclic amines) is 1. The number of unbranched alkanes of at least 4 members (excludes halogenated alkanes) is 2. The number of aliphatic hydroxyl groups excluding tert-OH is 1. The molecular formula is C62H78FN10O14PS. The molecule has 0 bridgehead atoms. The Kier molecular flexibility index (Phi) is 21.6. The van der Waals surface area contributed by atoms with Gasteiger partial charge in [0, 0.05) is 68.3 Å². The zero-order chi connectivity index (χ0) is 64.6. The normalized spacial score (nSPS) is 19.8. The lowest BCUT2D eigenvalue weighted by Crippen LogP contribution is -2.61. The molecule has 89 heavy (non-hydrogen) atoms. The molecule has 3 saturated heterocycles. The summed E-state index contributed by atoms with van der Waals surface area (Å²) in [7, 11) is -5.10. The van der Waals surface area contributed by atoms with Gasteiger partial charge in [-0.25, -0.2) is 9.37 Å². The number of aromatic nitrogens is 2. The average molecular weight is 1270 g/mol. The van der Waals surface area contributed by atoms with Crippen LogP contribution in [0.2, 0.25) is 0 Å². The van der Waals surface area contributed by atoms with Crippen molar-refractivity contribution in [3.05, 3.63) is 106 Å². The van der Waals surface area contributed by atoms with Crippen molar-refractivity contribution >= 4 is 82.6 Å². The third kappa shape index (κ3) is 16.7. The fraction of sp³-hybridized carbons (Fsp3) is 0.484. The Bertz CT molecular complexity index is 3530. The first kappa shape index (κ1) is 67.0. The number of amides is 8. The fourth-order valence-electron chi connectivity index (χ4n) is 11.7. The van der Waals surface area contributed by atoms with Crippen molar-refractivity contribution in [2.75, 3.05) is 26.2 Å². The molecule has 2 aromatic heterocycles. The predicted molar refractivity (Wildman–Crippen MR) is 327 cm³/mol. The van der Waals surface area contributed by atoms with Crippen LogP contribution in [0.5, 0.6) is 5.75 Å². The number of aromatic amines is 1. The summed E-state index contributed by atoms with van der Waals surface area (Å²) in [5.74, 6) is -5.09. The van der Waals surface area contributed by atoms with Crippen LogP contribution >= 0.6 is 18.9 Å². The molecule has 0 unspecified atom stereocenters. The van der Waals surface area contributed by atoms with E-state index < -0.39 is 108 Å². The molecule has 8 rings (SSSR count). The molecule has 0 saturated carbocycles. The maximum Gasteiger partial charge on any atom is 0.396 e. The van der Waals surface area contributed by atoms with Crippen LogP contribution < -0.4 is 31.7 Å². The van der Waals surface area contributed by atoms with Gasteiger partial charge in [-0.1, -0.05) is 63.6 Å². The van der Waals surface area contributed by atoms with Gasteiger partial charge in [0.2, 0.25) is 41.4 Å². The zero-order valence-corrected chi connectivity index (χ0v) is 52.3. The van der Waals surface area contributed by atoms with Crippen molar-refractivity contribution < 1.29 is 71.7 Å². The molecular weight excluding hydrogens is 1190 g/mol. The highest BCUT2D eigenvalue weighted by molar-refractivity contribution is 7.70. The van der Waals surface area contributed by atoms with E-state index in [1.807, 2.05) is 58.9 Å². The van der Waals surface area contributed by atoms with Crippen molar-refractivity contribution in [3.63, 3.8) is 0 Å². The standard InChI is InChI=1S/C62H78FN10O14PS/c1-34(37-15-17-39(18-16-37)54-35(2)65-33-89-54)66-58(80)49-29-44(75)30-72(49)60(82)55(62(4,5)6)70-52(77)14-9-7-8-11-38-12-10-13-50(53(38)63)87-32-42(20-24-51(64)76)67-57(79)48-23-21-43-25-26-71(36(3)74)31-47(59(81)73(43)48)69-56(78)46-28-41-27-40(19-22-45(41)68-46)61(83)88(84,85)86/h10,12-13,15-19,22,27-28,33-34,42-44,47-49,55,68,75H,7-9,11,14,20-21,23-26,29-32H2,1-6H3,(H2,64,76)(H,66,80)(H,67,79)(H,69,78)(H,70,77)(H2,84,85,86)/t34-,42-,43+,44+,47-,48-,49-,55+/m0/s1. The van der Waals surface area contributed by atoms with Crippen molar-refractivity contribution in [2.24, 2.45) is 11.1 Å². The number of thiazole rings is 1. The first-order valence-corrected chi connectivity index (χ1v) is 32.3. The number of aryl methyl sites for hydroxylation is 2. The summed E-state index contributed by atoms with van der Waals surface area (Å²) >= 11 is 1.54. The number of carbonyl (C=O) groups is 9. The average Bonchev–Trinajstić information content (AvgIpc) is 2.07. The fourth-order valence-corrected chi connectivity index (χ4v) is 13.0. The van der Waals surface area contributed by atoms with Crippen molar-refractivity contribution in [1.82, 2.24) is 45.9 Å². The molecule has 24 nitrogen and oxygen atoms in total. The van der Waals surface area contributed by atoms with Crippen molar-refractivity contribution in [1.29, 1.82) is 0 Å². The molecule has 3 fully saturated rings. The van der Waals surface area contributed by atoms with Crippen LogP contribution in [0.3, 0.4) is 0 Å². The first-order valence-electron chi connectivity index (χ1n) is 29.8. The molecule has 5 aromatic rings. The summed E-state index contributed by atoms with van der Waals surface area (Å²) in [6.07, 6.45) is 1.59. The Morgan fingerprint density at radius 3 is 2.31 bits per heavy atom. The van der Waals surface area contributed by atoms with E-state index in [0.29, 0.717) is 43.2 Å². The SMILES string of the molecule is CC(=O)N1CC[C@H]2CC[C@@H](C(=O)N[C@@H](CCC(N)=O)COc3cccc(CCCCCC(=O)N[C@H](C(=O)N4C[C@H](O)C[C@H]4C(=O)N[C@@H](C)c4ccc(-c5scnc5C)cc4)C(C)(C)C)c3F)N2C(=O)[C@@H](NC(=O)c2cc3cc(C(=O)P(=O)(O)O)ccc3[nH]2)C1. The Morgan fingerprint density at radius 1 is 0.910 bits per heavy atom. The first-order chi connectivity index (χ1) is 42.1. The number of fused-ring (bicyclic) bond motifs is 2. The van der Waals surface area contributed by atoms with E-state index >= 15 is 4.39 Å². The van der Waals surface area contributed by atoms with Crippen molar-refractivity contribution in [2.45, 2.75) is 161 Å². The number of halogens is 1. The van der Waals surface area contributed by atoms with Crippen LogP contribution in [0.25, 0.3) is 21.3 Å². The van der Waals surface area contributed by atoms with Crippen LogP contribution in [0, 0.1) is 18.2 Å². The highest BCUT2D eigenvalue weighted by atomic mass is 32.1. The molecule has 0 spiro atoms. The number of aliphatic hydroxyl groups is 1. The van der Waals surface area contributed by atoms with Crippen LogP contribution in [0.4, 0.5) is 4.39 Å². The van der Waals surface area contributed by atoms with Gasteiger partial charge in [0.15, 0.2) is 11.6 Å². The Hall–Kier alpha value is -7.90. The number of benzene rings is 3. The lowest BCUT2D eigenvalue weighted by molar-refractivity contribution is -0.145. The largest absolute Gasteiger partial charge is 0.488 e. The minimum atomic E-state index is -5.10. The molecule has 5 heterocycles. The topological polar surface area (TPSA) is 353 Å². The van der Waals surface area contributed by atoms with Gasteiger partial charge in [0.1, 0.15) is 36.5 Å². The number of ether oxygens (including phenoxy) is 1. The third-order valence-electron chi connectivity index (χ3n) is 16.6. The number of H-pyrrole nitrogens is 1. The van der Waals surface area contributed by atoms with Crippen molar-refractivity contribution in [3.8, 4) is 16.2 Å². The number of β-amino-alcohol motifs (C(OH)–C–C–N with tert-alkyl or cyclic N) is 1. The Labute approximate surface area is 518 Å². The minimum Gasteiger partial charge on any atom is -0.488 e. The summed E-state index contributed by atoms with van der Waals surface area (Å²) in [6, 6.07) is 11.4. The van der Waals surface area contributed by atoms with E-state index in [1.165, 1.54) is 52.0 Å². The van der Waals surface area contributed by atoms with E-state index in [0.717, 1.165) is 21.7 Å². The maximum absolute atomic E-state index is 16.1. The van der Waals surface area contributed by atoms with Gasteiger partial charge < -0.3 is 66.3 Å². The predicted octanol–water partition coefficient (Wildman–Crippen LogP) is 5.07. The van der Waals surface area contributed by atoms with Gasteiger partial charge in [-0.05, 0) is 111 Å². The summed E-state index contributed by atoms with van der Waals surface area (Å²) in [6.45, 7) is 10.1. The number of nitrogens with zero attached hydrogens (tertiary/aromatic N) is 4. The smallest absolute Gasteiger partial charge is 0.396 e. The number of hydrogen-bond acceptors (Lipinski definition) is 14. The van der Waals surface area contributed by atoms with Gasteiger partial charge in [-0.3, -0.25) is 47.7 Å². The molecule has 8 atom stereocenters. The molecule has 10 N–H and O–H groups in total. The lowest BCUT2D eigenvalue weighted by atomic mass is 9.85. The second kappa shape index (κ2) is 28.7. The van der Waals surface area contributed by atoms with E-state index in [9.17, 15) is 62.6 Å². The van der Waals surface area contributed by atoms with E-state index in [2.05, 4.69) is 31.2 Å². The zero-order valence-electron chi connectivity index (χ0n) is 50.6. The number of primary amides is 1. The molecule has 478 valence electrons. The second-order valence-corrected chi connectivity index (χ2v) is 26.6. The van der Waals surface area contributed by atoms with Gasteiger partial charge >= 0.3 is 7.60 Å². The third-order valence-corrected chi connectivity index (χ3v) is 18.4. The van der Waals surface area contributed by atoms with E-state index in [-0.39, 0.29) is 99.0 Å². The molecule has 0 aliphatic carbocycles. The summed E-state index contributed by atoms with van der Waals surface area (Å²) < 4.78 is 33.7. The number of hydrogen-bond donors (Lipinski definition) is 9. The highest BCUT2D eigenvalue weighted by Gasteiger charge is 2.47. The maximum atomic E-state index is 16.1. The molecule has 8 amide bonds. The molecule has 27 heteroatoms. The highest BCUT2D eigenvalue weighted by Crippen LogP contribution is 2.40. The quantitative estimate of drug-likeness (QED) is 0.0288. The molecule has 3 aromatic carbocycles. The van der Waals surface area contributed by atoms with Gasteiger partial charge in [0.05, 0.1) is 34.3 Å². The molecule has 3 aliphatic heterocycles. The van der Waals surface area contributed by atoms with Gasteiger partial charge in [-0.2, -0.15) is 0 Å². The van der Waals surface area contributed by atoms with E-state index in [4.69, 9.17) is 10.5 Å². The molecule has 0 radical (unpaired) electrons. The monoisotopic (exact) mass is 1270 g/mol. The van der Waals surface area contributed by atoms with E-state index in [1.54, 1.807) is 29.0 Å². The summed E-state index contributed by atoms with van der Waals surface area (Å²) in [5.41, 5.74) is 8.26. The second-order valence-electron chi connectivity index (χ2n) is 24.3. The van der Waals surface area contributed by atoms with Crippen LogP contribution in [0.1, 0.15) is 143 Å². The summed E-state index contributed by atoms with van der Waals surface area (Å²) in [5, 5.41) is 22.5. The summed E-state index contributed by atoms with van der Waals surface area (Å²) in [4.78, 5) is 152. The molecule has 3 aliphatic rings. The van der Waals surface area contributed by atoms with Crippen LogP contribution in [-0.2, 0) is 44.5 Å². The lowest BCUT2D eigenvalue weighted by Gasteiger charge is -2.38. The minimum absolute atomic E-state index is 0.000400. The van der Waals surface area contributed by atoms with Gasteiger partial charge in [0.25, 0.3) is 11.4 Å². The number of nitrogens with one attached hydrogen (secondary N) is 5. The number of rotatable bonds is 24. The Balaban J connectivity index is 0.835. The number of carbonyl (C=O) groups excluding carboxylic acids is 9. The number of nitrogens with two attached hydrogens (primary N) is 1.